The Bertz CT molecular complexity index is 1720. The number of hydrogen-bond acceptors (Lipinski definition) is 5. The maximum atomic E-state index is 11.5. The van der Waals surface area contributed by atoms with E-state index in [-0.39, 0.29) is 30.2 Å². The largest absolute Gasteiger partial charge is 0.481 e. The molecule has 0 bridgehead atoms. The topological polar surface area (TPSA) is 106 Å². The van der Waals surface area contributed by atoms with Gasteiger partial charge in [-0.15, -0.1) is 0 Å². The number of carbonyl (C=O) groups is 2. The van der Waals surface area contributed by atoms with Gasteiger partial charge in [0.2, 0.25) is 5.52 Å². The lowest BCUT2D eigenvalue weighted by atomic mass is 9.73. The fourth-order valence-electron chi connectivity index (χ4n) is 6.34. The smallest absolute Gasteiger partial charge is 0.309 e. The zero-order chi connectivity index (χ0) is 30.2. The van der Waals surface area contributed by atoms with E-state index in [1.807, 2.05) is 41.0 Å². The number of carboxylic acid groups (broad SMARTS) is 2. The van der Waals surface area contributed by atoms with Crippen molar-refractivity contribution in [2.75, 3.05) is 11.4 Å². The quantitative estimate of drug-likeness (QED) is 0.222. The van der Waals surface area contributed by atoms with E-state index in [1.165, 1.54) is 11.3 Å². The number of para-hydroxylation sites is 2. The molecule has 2 aliphatic rings. The van der Waals surface area contributed by atoms with Crippen molar-refractivity contribution >= 4 is 44.8 Å². The lowest BCUT2D eigenvalue weighted by Crippen LogP contribution is -2.37. The molecule has 1 aliphatic heterocycles. The van der Waals surface area contributed by atoms with E-state index >= 15 is 0 Å². The van der Waals surface area contributed by atoms with Crippen LogP contribution >= 0.6 is 11.3 Å². The molecule has 1 aromatic heterocycles. The highest BCUT2D eigenvalue weighted by Crippen LogP contribution is 2.49. The molecule has 2 heterocycles. The minimum atomic E-state index is -0.880. The standard InChI is InChI=1S/C34H35N3O4S/c1-33(2)19-22(18-29-34(3,4)25-9-5-6-10-26(25)36(29)15-13-30(38)39)17-23(20-33)24(21-35)32-37(16-14-31(40)41)27-11-7-8-12-28(27)42-32/h5-12,17-18H,13-16,19-20H2,1-4H3,(H-,38,39,40,41)/p+1. The van der Waals surface area contributed by atoms with Crippen LogP contribution in [-0.2, 0) is 21.5 Å². The van der Waals surface area contributed by atoms with Gasteiger partial charge in [0.15, 0.2) is 6.54 Å². The number of aliphatic carboxylic acids is 2. The number of aryl methyl sites for hydroxylation is 1. The summed E-state index contributed by atoms with van der Waals surface area (Å²) in [5.74, 6) is -1.71. The monoisotopic (exact) mass is 582 g/mol. The number of thiazole rings is 1. The Morgan fingerprint density at radius 1 is 1.02 bits per heavy atom. The zero-order valence-corrected chi connectivity index (χ0v) is 25.3. The van der Waals surface area contributed by atoms with Crippen molar-refractivity contribution in [2.24, 2.45) is 5.41 Å². The fourth-order valence-corrected chi connectivity index (χ4v) is 7.56. The van der Waals surface area contributed by atoms with E-state index < -0.39 is 11.9 Å². The van der Waals surface area contributed by atoms with Crippen LogP contribution in [0.4, 0.5) is 5.69 Å². The molecule has 0 saturated carbocycles. The van der Waals surface area contributed by atoms with Crippen LogP contribution in [0, 0.1) is 16.7 Å². The van der Waals surface area contributed by atoms with Crippen molar-refractivity contribution in [2.45, 2.75) is 65.3 Å². The summed E-state index contributed by atoms with van der Waals surface area (Å²) in [6, 6.07) is 18.5. The van der Waals surface area contributed by atoms with Crippen LogP contribution in [0.2, 0.25) is 0 Å². The predicted octanol–water partition coefficient (Wildman–Crippen LogP) is 6.84. The van der Waals surface area contributed by atoms with Crippen LogP contribution < -0.4 is 9.47 Å². The van der Waals surface area contributed by atoms with Gasteiger partial charge in [-0.1, -0.05) is 75.4 Å². The van der Waals surface area contributed by atoms with Gasteiger partial charge in [0.05, 0.1) is 6.42 Å². The number of rotatable bonds is 8. The van der Waals surface area contributed by atoms with Gasteiger partial charge in [-0.25, -0.2) is 0 Å². The lowest BCUT2D eigenvalue weighted by Gasteiger charge is -2.33. The second kappa shape index (κ2) is 11.2. The maximum absolute atomic E-state index is 11.5. The number of anilines is 1. The molecule has 42 heavy (non-hydrogen) atoms. The fraction of sp³-hybridized carbons (Fsp3) is 0.353. The third-order valence-corrected chi connectivity index (χ3v) is 9.37. The molecule has 0 atom stereocenters. The summed E-state index contributed by atoms with van der Waals surface area (Å²) >= 11 is 1.52. The molecule has 216 valence electrons. The number of fused-ring (bicyclic) bond motifs is 2. The first-order valence-electron chi connectivity index (χ1n) is 14.2. The minimum absolute atomic E-state index is 0.0261. The molecule has 0 radical (unpaired) electrons. The highest BCUT2D eigenvalue weighted by atomic mass is 32.1. The first-order valence-corrected chi connectivity index (χ1v) is 15.0. The maximum Gasteiger partial charge on any atom is 0.309 e. The number of nitrogens with zero attached hydrogens (tertiary/aromatic N) is 3. The highest BCUT2D eigenvalue weighted by Gasteiger charge is 2.40. The summed E-state index contributed by atoms with van der Waals surface area (Å²) in [5.41, 5.74) is 6.30. The van der Waals surface area contributed by atoms with Gasteiger partial charge in [0.25, 0.3) is 5.01 Å². The molecule has 8 heteroatoms. The van der Waals surface area contributed by atoms with Gasteiger partial charge in [0.1, 0.15) is 22.8 Å². The Kier molecular flexibility index (Phi) is 7.82. The van der Waals surface area contributed by atoms with Crippen molar-refractivity contribution in [3.05, 3.63) is 88.1 Å². The van der Waals surface area contributed by atoms with Crippen LogP contribution in [0.25, 0.3) is 15.8 Å². The number of hydrogen-bond donors (Lipinski definition) is 2. The van der Waals surface area contributed by atoms with Gasteiger partial charge in [-0.3, -0.25) is 9.59 Å². The first-order chi connectivity index (χ1) is 19.9. The van der Waals surface area contributed by atoms with E-state index in [1.54, 1.807) is 0 Å². The Labute approximate surface area is 250 Å². The van der Waals surface area contributed by atoms with E-state index in [2.05, 4.69) is 62.9 Å². The van der Waals surface area contributed by atoms with Gasteiger partial charge in [0, 0.05) is 29.4 Å². The van der Waals surface area contributed by atoms with Crippen molar-refractivity contribution in [1.82, 2.24) is 0 Å². The molecule has 0 spiro atoms. The second-order valence-electron chi connectivity index (χ2n) is 12.4. The van der Waals surface area contributed by atoms with E-state index in [4.69, 9.17) is 0 Å². The second-order valence-corrected chi connectivity index (χ2v) is 13.4. The van der Waals surface area contributed by atoms with Crippen molar-refractivity contribution in [3.8, 4) is 6.07 Å². The molecule has 3 aromatic rings. The molecule has 2 N–H and O–H groups in total. The molecule has 2 aromatic carbocycles. The number of aromatic nitrogens is 1. The van der Waals surface area contributed by atoms with Gasteiger partial charge >= 0.3 is 11.9 Å². The Morgan fingerprint density at radius 3 is 2.43 bits per heavy atom. The molecule has 0 saturated heterocycles. The third kappa shape index (κ3) is 5.62. The summed E-state index contributed by atoms with van der Waals surface area (Å²) in [6.45, 7) is 9.40. The predicted molar refractivity (Wildman–Crippen MR) is 165 cm³/mol. The number of allylic oxidation sites excluding steroid dienone is 6. The Balaban J connectivity index is 1.66. The number of carboxylic acids is 2. The van der Waals surface area contributed by atoms with E-state index in [0.29, 0.717) is 18.5 Å². The van der Waals surface area contributed by atoms with Gasteiger partial charge < -0.3 is 15.1 Å². The molecule has 0 fully saturated rings. The molecular formula is C34H36N3O4S+. The summed E-state index contributed by atoms with van der Waals surface area (Å²) < 4.78 is 2.98. The van der Waals surface area contributed by atoms with Crippen molar-refractivity contribution in [3.63, 3.8) is 0 Å². The number of nitriles is 1. The average Bonchev–Trinajstić information content (AvgIpc) is 3.38. The highest BCUT2D eigenvalue weighted by molar-refractivity contribution is 7.19. The molecule has 0 amide bonds. The molecule has 5 rings (SSSR count). The normalized spacial score (nSPS) is 19.4. The van der Waals surface area contributed by atoms with E-state index in [0.717, 1.165) is 49.7 Å². The first kappa shape index (κ1) is 29.3. The van der Waals surface area contributed by atoms with Gasteiger partial charge in [-0.05, 0) is 53.2 Å². The molecule has 1 aliphatic carbocycles. The molecule has 7 nitrogen and oxygen atoms in total. The van der Waals surface area contributed by atoms with Crippen LogP contribution in [-0.4, -0.2) is 28.7 Å². The van der Waals surface area contributed by atoms with Crippen molar-refractivity contribution in [1.29, 1.82) is 5.26 Å². The van der Waals surface area contributed by atoms with Crippen LogP contribution in [0.1, 0.15) is 63.9 Å². The van der Waals surface area contributed by atoms with Gasteiger partial charge in [-0.2, -0.15) is 9.83 Å². The molecular weight excluding hydrogens is 546 g/mol. The summed E-state index contributed by atoms with van der Waals surface area (Å²) in [4.78, 5) is 25.2. The SMILES string of the molecule is CC1(C)CC(/C=C2/N(CCC(=O)O)c3ccccc3C2(C)C)=CC(=C(\C#N)c2sc3ccccc3[n+]2CCC(=O)O)/C1. The Hall–Kier alpha value is -4.22. The minimum Gasteiger partial charge on any atom is -0.481 e. The van der Waals surface area contributed by atoms with Crippen molar-refractivity contribution < 1.29 is 24.4 Å². The van der Waals surface area contributed by atoms with Crippen LogP contribution in [0.5, 0.6) is 0 Å². The summed E-state index contributed by atoms with van der Waals surface area (Å²) in [5, 5.41) is 30.2. The average molecular weight is 583 g/mol. The summed E-state index contributed by atoms with van der Waals surface area (Å²) in [7, 11) is 0. The van der Waals surface area contributed by atoms with Crippen LogP contribution in [0.15, 0.2) is 77.5 Å². The van der Waals surface area contributed by atoms with Crippen LogP contribution in [0.3, 0.4) is 0 Å². The van der Waals surface area contributed by atoms with E-state index in [9.17, 15) is 25.1 Å². The lowest BCUT2D eigenvalue weighted by molar-refractivity contribution is -0.668. The Morgan fingerprint density at radius 2 is 1.71 bits per heavy atom. The zero-order valence-electron chi connectivity index (χ0n) is 24.5. The molecule has 0 unspecified atom stereocenters. The third-order valence-electron chi connectivity index (χ3n) is 8.19. The number of benzene rings is 2. The summed E-state index contributed by atoms with van der Waals surface area (Å²) in [6.07, 6.45) is 5.83.